The number of methoxy groups -OCH3 is 1. The molecule has 34 heavy (non-hydrogen) atoms. The van der Waals surface area contributed by atoms with Crippen molar-refractivity contribution < 1.29 is 29.0 Å². The van der Waals surface area contributed by atoms with Crippen molar-refractivity contribution >= 4 is 18.0 Å². The van der Waals surface area contributed by atoms with Crippen molar-refractivity contribution in [1.82, 2.24) is 10.2 Å². The second-order valence-electron chi connectivity index (χ2n) is 9.58. The van der Waals surface area contributed by atoms with Crippen LogP contribution in [-0.4, -0.2) is 67.4 Å². The first-order valence-corrected chi connectivity index (χ1v) is 11.2. The van der Waals surface area contributed by atoms with E-state index in [0.717, 1.165) is 22.3 Å². The highest BCUT2D eigenvalue weighted by Gasteiger charge is 2.31. The van der Waals surface area contributed by atoms with Gasteiger partial charge in [-0.2, -0.15) is 0 Å². The van der Waals surface area contributed by atoms with Crippen LogP contribution in [0, 0.1) is 5.41 Å². The first kappa shape index (κ1) is 25.2. The number of fused-ring (bicyclic) bond motifs is 3. The molecule has 0 bridgehead atoms. The van der Waals surface area contributed by atoms with Crippen LogP contribution >= 0.6 is 0 Å². The van der Waals surface area contributed by atoms with Crippen LogP contribution in [0.1, 0.15) is 37.8 Å². The lowest BCUT2D eigenvalue weighted by molar-refractivity contribution is -0.150. The maximum Gasteiger partial charge on any atom is 0.407 e. The number of carboxylic acids is 1. The Kier molecular flexibility index (Phi) is 7.94. The summed E-state index contributed by atoms with van der Waals surface area (Å²) in [4.78, 5) is 37.8. The number of carbonyl (C=O) groups is 3. The summed E-state index contributed by atoms with van der Waals surface area (Å²) in [5.74, 6) is -1.69. The Hall–Kier alpha value is -3.39. The van der Waals surface area contributed by atoms with Crippen molar-refractivity contribution in [2.45, 2.75) is 32.8 Å². The third kappa shape index (κ3) is 6.14. The minimum absolute atomic E-state index is 0.0733. The van der Waals surface area contributed by atoms with Gasteiger partial charge in [0.15, 0.2) is 6.10 Å². The molecule has 8 heteroatoms. The summed E-state index contributed by atoms with van der Waals surface area (Å²) < 4.78 is 10.8. The Morgan fingerprint density at radius 2 is 1.59 bits per heavy atom. The van der Waals surface area contributed by atoms with Gasteiger partial charge in [0.2, 0.25) is 0 Å². The number of hydrogen-bond acceptors (Lipinski definition) is 5. The molecule has 0 heterocycles. The number of aliphatic carboxylic acids is 1. The number of carbonyl (C=O) groups excluding carboxylic acids is 2. The van der Waals surface area contributed by atoms with Crippen molar-refractivity contribution in [1.29, 1.82) is 0 Å². The summed E-state index contributed by atoms with van der Waals surface area (Å²) in [6.07, 6.45) is -1.69. The van der Waals surface area contributed by atoms with Gasteiger partial charge in [-0.15, -0.1) is 0 Å². The minimum atomic E-state index is -1.11. The van der Waals surface area contributed by atoms with E-state index in [9.17, 15) is 19.5 Å². The van der Waals surface area contributed by atoms with E-state index in [4.69, 9.17) is 9.47 Å². The average Bonchev–Trinajstić information content (AvgIpc) is 3.10. The third-order valence-electron chi connectivity index (χ3n) is 5.64. The van der Waals surface area contributed by atoms with Crippen molar-refractivity contribution in [2.24, 2.45) is 5.41 Å². The normalized spacial score (nSPS) is 13.5. The largest absolute Gasteiger partial charge is 0.480 e. The van der Waals surface area contributed by atoms with Gasteiger partial charge >= 0.3 is 12.1 Å². The number of hydrogen-bond donors (Lipinski definition) is 2. The molecule has 2 amide bonds. The van der Waals surface area contributed by atoms with Crippen LogP contribution < -0.4 is 5.32 Å². The Morgan fingerprint density at radius 3 is 2.09 bits per heavy atom. The smallest absolute Gasteiger partial charge is 0.407 e. The molecule has 0 fully saturated rings. The topological polar surface area (TPSA) is 105 Å². The van der Waals surface area contributed by atoms with E-state index in [1.807, 2.05) is 57.2 Å². The monoisotopic (exact) mass is 468 g/mol. The Balaban J connectivity index is 1.59. The molecule has 1 aliphatic rings. The second-order valence-corrected chi connectivity index (χ2v) is 9.58. The molecule has 0 spiro atoms. The molecule has 0 aromatic heterocycles. The molecule has 2 aromatic carbocycles. The third-order valence-corrected chi connectivity index (χ3v) is 5.64. The quantitative estimate of drug-likeness (QED) is 0.584. The summed E-state index contributed by atoms with van der Waals surface area (Å²) in [5, 5.41) is 11.8. The van der Waals surface area contributed by atoms with Gasteiger partial charge < -0.3 is 24.8 Å². The summed E-state index contributed by atoms with van der Waals surface area (Å²) in [6, 6.07) is 16.1. The van der Waals surface area contributed by atoms with Gasteiger partial charge in [0.05, 0.1) is 6.54 Å². The molecule has 3 rings (SSSR count). The van der Waals surface area contributed by atoms with Gasteiger partial charge in [-0.1, -0.05) is 69.3 Å². The lowest BCUT2D eigenvalue weighted by Crippen LogP contribution is -2.50. The fourth-order valence-electron chi connectivity index (χ4n) is 4.25. The van der Waals surface area contributed by atoms with Crippen LogP contribution in [0.3, 0.4) is 0 Å². The van der Waals surface area contributed by atoms with E-state index in [2.05, 4.69) is 17.4 Å². The number of amides is 2. The summed E-state index contributed by atoms with van der Waals surface area (Å²) >= 11 is 0. The van der Waals surface area contributed by atoms with Crippen LogP contribution in [0.25, 0.3) is 11.1 Å². The predicted molar refractivity (Wildman–Crippen MR) is 128 cm³/mol. The second kappa shape index (κ2) is 10.7. The van der Waals surface area contributed by atoms with Crippen molar-refractivity contribution in [3.8, 4) is 11.1 Å². The summed E-state index contributed by atoms with van der Waals surface area (Å²) in [6.45, 7) is 5.54. The highest BCUT2D eigenvalue weighted by molar-refractivity contribution is 5.85. The lowest BCUT2D eigenvalue weighted by Gasteiger charge is -2.31. The minimum Gasteiger partial charge on any atom is -0.480 e. The van der Waals surface area contributed by atoms with E-state index in [1.165, 1.54) is 12.0 Å². The zero-order chi connectivity index (χ0) is 24.9. The number of rotatable bonds is 9. The van der Waals surface area contributed by atoms with E-state index < -0.39 is 30.6 Å². The highest BCUT2D eigenvalue weighted by atomic mass is 16.5. The zero-order valence-electron chi connectivity index (χ0n) is 20.0. The molecule has 1 aliphatic carbocycles. The molecule has 182 valence electrons. The SMILES string of the molecule is COC(CNC(=O)OCC1c2ccccc2-c2ccccc21)C(=O)N(CC(=O)O)CC(C)(C)C. The van der Waals surface area contributed by atoms with Gasteiger partial charge in [-0.05, 0) is 27.7 Å². The lowest BCUT2D eigenvalue weighted by atomic mass is 9.95. The van der Waals surface area contributed by atoms with Gasteiger partial charge in [0.25, 0.3) is 5.91 Å². The van der Waals surface area contributed by atoms with Crippen molar-refractivity contribution in [2.75, 3.05) is 33.4 Å². The molecule has 0 aliphatic heterocycles. The van der Waals surface area contributed by atoms with E-state index in [1.54, 1.807) is 0 Å². The van der Waals surface area contributed by atoms with E-state index >= 15 is 0 Å². The number of carboxylic acid groups (broad SMARTS) is 1. The fourth-order valence-corrected chi connectivity index (χ4v) is 4.25. The molecule has 8 nitrogen and oxygen atoms in total. The standard InChI is InChI=1S/C26H32N2O6/c1-26(2,3)16-28(14-23(29)30)24(31)22(33-4)13-27-25(32)34-15-21-19-11-7-5-9-17(19)18-10-6-8-12-20(18)21/h5-12,21-22H,13-16H2,1-4H3,(H,27,32)(H,29,30). The fraction of sp³-hybridized carbons (Fsp3) is 0.423. The Labute approximate surface area is 199 Å². The molecule has 0 radical (unpaired) electrons. The Morgan fingerprint density at radius 1 is 1.03 bits per heavy atom. The average molecular weight is 469 g/mol. The molecular weight excluding hydrogens is 436 g/mol. The van der Waals surface area contributed by atoms with Crippen molar-refractivity contribution in [3.63, 3.8) is 0 Å². The van der Waals surface area contributed by atoms with Crippen LogP contribution in [0.2, 0.25) is 0 Å². The van der Waals surface area contributed by atoms with Crippen LogP contribution in [0.4, 0.5) is 4.79 Å². The molecule has 2 N–H and O–H groups in total. The van der Waals surface area contributed by atoms with Crippen molar-refractivity contribution in [3.05, 3.63) is 59.7 Å². The number of ether oxygens (including phenoxy) is 2. The molecule has 2 aromatic rings. The number of nitrogens with zero attached hydrogens (tertiary/aromatic N) is 1. The predicted octanol–water partition coefficient (Wildman–Crippen LogP) is 3.50. The van der Waals surface area contributed by atoms with Gasteiger partial charge in [0, 0.05) is 19.6 Å². The Bertz CT molecular complexity index is 1000. The maximum atomic E-state index is 12.9. The molecule has 1 atom stereocenters. The molecular formula is C26H32N2O6. The van der Waals surface area contributed by atoms with Gasteiger partial charge in [0.1, 0.15) is 13.2 Å². The highest BCUT2D eigenvalue weighted by Crippen LogP contribution is 2.44. The number of benzene rings is 2. The summed E-state index contributed by atoms with van der Waals surface area (Å²) in [7, 11) is 1.35. The van der Waals surface area contributed by atoms with Crippen LogP contribution in [0.5, 0.6) is 0 Å². The van der Waals surface area contributed by atoms with E-state index in [-0.39, 0.29) is 31.0 Å². The summed E-state index contributed by atoms with van der Waals surface area (Å²) in [5.41, 5.74) is 4.17. The molecule has 0 saturated carbocycles. The zero-order valence-corrected chi connectivity index (χ0v) is 20.0. The van der Waals surface area contributed by atoms with E-state index in [0.29, 0.717) is 0 Å². The maximum absolute atomic E-state index is 12.9. The van der Waals surface area contributed by atoms with Crippen LogP contribution in [0.15, 0.2) is 48.5 Å². The first-order chi connectivity index (χ1) is 16.1. The number of nitrogens with one attached hydrogen (secondary N) is 1. The first-order valence-electron chi connectivity index (χ1n) is 11.2. The van der Waals surface area contributed by atoms with Crippen LogP contribution in [-0.2, 0) is 19.1 Å². The van der Waals surface area contributed by atoms with Gasteiger partial charge in [-0.25, -0.2) is 4.79 Å². The number of alkyl carbamates (subject to hydrolysis) is 1. The molecule has 0 saturated heterocycles. The van der Waals surface area contributed by atoms with Gasteiger partial charge in [-0.3, -0.25) is 9.59 Å². The molecule has 1 unspecified atom stereocenters.